The van der Waals surface area contributed by atoms with Gasteiger partial charge in [0.2, 0.25) is 0 Å². The second-order valence-electron chi connectivity index (χ2n) is 4.92. The number of nitrogens with one attached hydrogen (secondary N) is 2. The number of nitrogens with two attached hydrogens (primary N) is 1. The Morgan fingerprint density at radius 3 is 2.37 bits per heavy atom. The molecule has 5 nitrogen and oxygen atoms in total. The van der Waals surface area contributed by atoms with Crippen molar-refractivity contribution in [1.29, 1.82) is 0 Å². The van der Waals surface area contributed by atoms with E-state index in [9.17, 15) is 4.79 Å². The quantitative estimate of drug-likeness (QED) is 0.778. The zero-order valence-electron chi connectivity index (χ0n) is 11.4. The van der Waals surface area contributed by atoms with Gasteiger partial charge in [-0.2, -0.15) is 0 Å². The molecule has 0 radical (unpaired) electrons. The number of likely N-dealkylation sites (tertiary alicyclic amines) is 1. The van der Waals surface area contributed by atoms with Crippen molar-refractivity contribution in [3.63, 3.8) is 0 Å². The Bertz CT molecular complexity index is 410. The molecule has 0 saturated carbocycles. The summed E-state index contributed by atoms with van der Waals surface area (Å²) in [5.41, 5.74) is 6.88. The fourth-order valence-electron chi connectivity index (χ4n) is 2.42. The maximum atomic E-state index is 10.7. The van der Waals surface area contributed by atoms with Crippen LogP contribution in [-0.4, -0.2) is 36.6 Å². The lowest BCUT2D eigenvalue weighted by molar-refractivity contribution is 0.229. The van der Waals surface area contributed by atoms with Gasteiger partial charge in [-0.3, -0.25) is 0 Å². The number of nitrogens with zero attached hydrogens (tertiary/aromatic N) is 1. The van der Waals surface area contributed by atoms with Crippen molar-refractivity contribution in [2.24, 2.45) is 5.73 Å². The van der Waals surface area contributed by atoms with Crippen LogP contribution in [0.5, 0.6) is 0 Å². The van der Waals surface area contributed by atoms with Crippen LogP contribution >= 0.6 is 0 Å². The number of carbonyl (C=O) groups is 1. The molecule has 4 N–H and O–H groups in total. The highest BCUT2D eigenvalue weighted by molar-refractivity contribution is 5.87. The Labute approximate surface area is 114 Å². The number of anilines is 2. The highest BCUT2D eigenvalue weighted by atomic mass is 16.2. The van der Waals surface area contributed by atoms with Crippen LogP contribution in [0.25, 0.3) is 0 Å². The molecule has 104 valence electrons. The summed E-state index contributed by atoms with van der Waals surface area (Å²) in [6.07, 6.45) is 2.35. The zero-order chi connectivity index (χ0) is 13.7. The first-order valence-electron chi connectivity index (χ1n) is 6.83. The van der Waals surface area contributed by atoms with Crippen molar-refractivity contribution in [1.82, 2.24) is 4.90 Å². The fraction of sp³-hybridized carbons (Fsp3) is 0.500. The number of hydrogen-bond donors (Lipinski definition) is 3. The van der Waals surface area contributed by atoms with E-state index in [1.165, 1.54) is 12.8 Å². The highest BCUT2D eigenvalue weighted by Crippen LogP contribution is 2.18. The molecule has 1 aromatic carbocycles. The number of hydrogen-bond acceptors (Lipinski definition) is 3. The third-order valence-electron chi connectivity index (χ3n) is 3.56. The Morgan fingerprint density at radius 2 is 1.84 bits per heavy atom. The smallest absolute Gasteiger partial charge is 0.316 e. The van der Waals surface area contributed by atoms with Crippen LogP contribution in [0.15, 0.2) is 24.3 Å². The van der Waals surface area contributed by atoms with Gasteiger partial charge in [-0.1, -0.05) is 6.92 Å². The van der Waals surface area contributed by atoms with E-state index in [-0.39, 0.29) is 0 Å². The fourth-order valence-corrected chi connectivity index (χ4v) is 2.42. The van der Waals surface area contributed by atoms with Crippen molar-refractivity contribution < 1.29 is 4.79 Å². The van der Waals surface area contributed by atoms with E-state index >= 15 is 0 Å². The van der Waals surface area contributed by atoms with Gasteiger partial charge in [0.05, 0.1) is 0 Å². The Kier molecular flexibility index (Phi) is 4.63. The molecular weight excluding hydrogens is 240 g/mol. The molecule has 0 unspecified atom stereocenters. The third kappa shape index (κ3) is 4.13. The van der Waals surface area contributed by atoms with Gasteiger partial charge in [-0.25, -0.2) is 4.79 Å². The first kappa shape index (κ1) is 13.7. The van der Waals surface area contributed by atoms with Gasteiger partial charge in [0, 0.05) is 30.5 Å². The molecule has 1 aromatic rings. The zero-order valence-corrected chi connectivity index (χ0v) is 11.4. The number of amides is 2. The summed E-state index contributed by atoms with van der Waals surface area (Å²) in [6, 6.07) is 7.66. The monoisotopic (exact) mass is 262 g/mol. The van der Waals surface area contributed by atoms with Crippen molar-refractivity contribution in [3.8, 4) is 0 Å². The van der Waals surface area contributed by atoms with Crippen LogP contribution in [0.2, 0.25) is 0 Å². The standard InChI is InChI=1S/C14H22N4O/c1-2-18-9-7-13(8-10-18)16-11-3-5-12(6-4-11)17-14(15)19/h3-6,13,16H,2,7-10H2,1H3,(H3,15,17,19). The van der Waals surface area contributed by atoms with Gasteiger partial charge in [-0.05, 0) is 43.7 Å². The molecule has 1 aliphatic heterocycles. The van der Waals surface area contributed by atoms with Crippen LogP contribution in [0.3, 0.4) is 0 Å². The molecule has 1 saturated heterocycles. The molecule has 1 aliphatic rings. The van der Waals surface area contributed by atoms with E-state index in [0.717, 1.165) is 31.0 Å². The molecule has 0 aliphatic carbocycles. The lowest BCUT2D eigenvalue weighted by atomic mass is 10.0. The van der Waals surface area contributed by atoms with Gasteiger partial charge >= 0.3 is 6.03 Å². The van der Waals surface area contributed by atoms with Crippen LogP contribution in [0.4, 0.5) is 16.2 Å². The molecule has 0 spiro atoms. The van der Waals surface area contributed by atoms with E-state index in [4.69, 9.17) is 5.73 Å². The van der Waals surface area contributed by atoms with Gasteiger partial charge < -0.3 is 21.3 Å². The molecule has 0 bridgehead atoms. The average molecular weight is 262 g/mol. The maximum absolute atomic E-state index is 10.7. The van der Waals surface area contributed by atoms with Crippen molar-refractivity contribution in [2.75, 3.05) is 30.3 Å². The van der Waals surface area contributed by atoms with E-state index in [1.807, 2.05) is 24.3 Å². The molecule has 0 atom stereocenters. The minimum atomic E-state index is -0.535. The van der Waals surface area contributed by atoms with Gasteiger partial charge in [0.25, 0.3) is 0 Å². The first-order valence-corrected chi connectivity index (χ1v) is 6.83. The molecule has 19 heavy (non-hydrogen) atoms. The average Bonchev–Trinajstić information content (AvgIpc) is 2.41. The number of rotatable bonds is 4. The highest BCUT2D eigenvalue weighted by Gasteiger charge is 2.17. The van der Waals surface area contributed by atoms with Crippen LogP contribution in [-0.2, 0) is 0 Å². The third-order valence-corrected chi connectivity index (χ3v) is 3.56. The number of primary amides is 1. The SMILES string of the molecule is CCN1CCC(Nc2ccc(NC(N)=O)cc2)CC1. The molecule has 2 amide bonds. The Hall–Kier alpha value is -1.75. The van der Waals surface area contributed by atoms with Gasteiger partial charge in [-0.15, -0.1) is 0 Å². The lowest BCUT2D eigenvalue weighted by Crippen LogP contribution is -2.38. The normalized spacial score (nSPS) is 17.1. The number of benzene rings is 1. The predicted octanol–water partition coefficient (Wildman–Crippen LogP) is 2.07. The predicted molar refractivity (Wildman–Crippen MR) is 78.4 cm³/mol. The summed E-state index contributed by atoms with van der Waals surface area (Å²) >= 11 is 0. The van der Waals surface area contributed by atoms with E-state index < -0.39 is 6.03 Å². The van der Waals surface area contributed by atoms with Crippen molar-refractivity contribution in [2.45, 2.75) is 25.8 Å². The Morgan fingerprint density at radius 1 is 1.26 bits per heavy atom. The van der Waals surface area contributed by atoms with Crippen molar-refractivity contribution >= 4 is 17.4 Å². The minimum absolute atomic E-state index is 0.535. The molecule has 5 heteroatoms. The molecule has 1 heterocycles. The Balaban J connectivity index is 1.84. The summed E-state index contributed by atoms with van der Waals surface area (Å²) < 4.78 is 0. The van der Waals surface area contributed by atoms with E-state index in [0.29, 0.717) is 6.04 Å². The number of urea groups is 1. The van der Waals surface area contributed by atoms with Crippen LogP contribution < -0.4 is 16.4 Å². The maximum Gasteiger partial charge on any atom is 0.316 e. The summed E-state index contributed by atoms with van der Waals surface area (Å²) in [5, 5.41) is 6.09. The number of carbonyl (C=O) groups excluding carboxylic acids is 1. The molecule has 0 aromatic heterocycles. The first-order chi connectivity index (χ1) is 9.17. The van der Waals surface area contributed by atoms with Gasteiger partial charge in [0.1, 0.15) is 0 Å². The molecule has 1 fully saturated rings. The minimum Gasteiger partial charge on any atom is -0.382 e. The summed E-state index contributed by atoms with van der Waals surface area (Å²) in [4.78, 5) is 13.2. The van der Waals surface area contributed by atoms with E-state index in [2.05, 4.69) is 22.5 Å². The van der Waals surface area contributed by atoms with Crippen LogP contribution in [0, 0.1) is 0 Å². The lowest BCUT2D eigenvalue weighted by Gasteiger charge is -2.32. The summed E-state index contributed by atoms with van der Waals surface area (Å²) in [6.45, 7) is 5.67. The second kappa shape index (κ2) is 6.43. The number of piperidine rings is 1. The van der Waals surface area contributed by atoms with Crippen molar-refractivity contribution in [3.05, 3.63) is 24.3 Å². The van der Waals surface area contributed by atoms with E-state index in [1.54, 1.807) is 0 Å². The topological polar surface area (TPSA) is 70.4 Å². The second-order valence-corrected chi connectivity index (χ2v) is 4.92. The summed E-state index contributed by atoms with van der Waals surface area (Å²) in [7, 11) is 0. The largest absolute Gasteiger partial charge is 0.382 e. The molecule has 2 rings (SSSR count). The molecular formula is C14H22N4O. The van der Waals surface area contributed by atoms with Crippen LogP contribution in [0.1, 0.15) is 19.8 Å². The van der Waals surface area contributed by atoms with Gasteiger partial charge in [0.15, 0.2) is 0 Å². The summed E-state index contributed by atoms with van der Waals surface area (Å²) in [5.74, 6) is 0.